The molecule has 0 aliphatic carbocycles. The number of thiophene rings is 1. The van der Waals surface area contributed by atoms with Crippen LogP contribution >= 0.6 is 11.3 Å². The van der Waals surface area contributed by atoms with Crippen molar-refractivity contribution in [2.75, 3.05) is 39.5 Å². The predicted molar refractivity (Wildman–Crippen MR) is 94.5 cm³/mol. The molecule has 1 rings (SSSR count). The predicted octanol–water partition coefficient (Wildman–Crippen LogP) is 0.669. The Morgan fingerprint density at radius 2 is 1.92 bits per heavy atom. The van der Waals surface area contributed by atoms with Gasteiger partial charge in [0.25, 0.3) is 0 Å². The molecule has 25 heavy (non-hydrogen) atoms. The van der Waals surface area contributed by atoms with E-state index < -0.39 is 24.6 Å². The summed E-state index contributed by atoms with van der Waals surface area (Å²) in [6.07, 6.45) is 1.88. The minimum Gasteiger partial charge on any atom is -0.461 e. The SMILES string of the molecule is CCCc1ccc(C(=O)OCC(CO)(CO)CN(CCO)C(C)=O)s1. The Morgan fingerprint density at radius 3 is 2.44 bits per heavy atom. The number of aryl methyl sites for hydroxylation is 1. The van der Waals surface area contributed by atoms with Gasteiger partial charge in [-0.05, 0) is 18.6 Å². The van der Waals surface area contributed by atoms with E-state index >= 15 is 0 Å². The van der Waals surface area contributed by atoms with Gasteiger partial charge in [0.1, 0.15) is 11.5 Å². The normalized spacial score (nSPS) is 11.4. The highest BCUT2D eigenvalue weighted by Crippen LogP contribution is 2.22. The fourth-order valence-electron chi connectivity index (χ4n) is 2.32. The third-order valence-corrected chi connectivity index (χ3v) is 5.01. The van der Waals surface area contributed by atoms with E-state index in [0.717, 1.165) is 17.7 Å². The molecule has 0 fully saturated rings. The standard InChI is InChI=1S/C17H27NO6S/c1-3-4-14-5-6-15(25-14)16(23)24-12-17(10-20,11-21)9-18(7-8-19)13(2)22/h5-6,19-21H,3-4,7-12H2,1-2H3. The van der Waals surface area contributed by atoms with Crippen molar-refractivity contribution >= 4 is 23.2 Å². The zero-order valence-corrected chi connectivity index (χ0v) is 15.5. The molecule has 0 atom stereocenters. The summed E-state index contributed by atoms with van der Waals surface area (Å²) >= 11 is 1.36. The Labute approximate surface area is 151 Å². The van der Waals surface area contributed by atoms with Crippen molar-refractivity contribution in [3.05, 3.63) is 21.9 Å². The second kappa shape index (κ2) is 10.5. The van der Waals surface area contributed by atoms with Crippen LogP contribution < -0.4 is 0 Å². The third-order valence-electron chi connectivity index (χ3n) is 3.88. The molecule has 3 N–H and O–H groups in total. The van der Waals surface area contributed by atoms with Gasteiger partial charge >= 0.3 is 5.97 Å². The Bertz CT molecular complexity index is 555. The largest absolute Gasteiger partial charge is 0.461 e. The first-order valence-corrected chi connectivity index (χ1v) is 9.07. The van der Waals surface area contributed by atoms with Gasteiger partial charge in [-0.25, -0.2) is 4.79 Å². The average Bonchev–Trinajstić information content (AvgIpc) is 3.06. The van der Waals surface area contributed by atoms with Gasteiger partial charge in [-0.2, -0.15) is 0 Å². The van der Waals surface area contributed by atoms with E-state index in [1.54, 1.807) is 6.07 Å². The summed E-state index contributed by atoms with van der Waals surface area (Å²) in [6.45, 7) is 2.07. The van der Waals surface area contributed by atoms with Gasteiger partial charge in [0, 0.05) is 24.9 Å². The summed E-state index contributed by atoms with van der Waals surface area (Å²) in [4.78, 5) is 26.7. The number of aliphatic hydroxyl groups excluding tert-OH is 3. The number of carbonyl (C=O) groups excluding carboxylic acids is 2. The van der Waals surface area contributed by atoms with Crippen LogP contribution in [0.2, 0.25) is 0 Å². The summed E-state index contributed by atoms with van der Waals surface area (Å²) in [5.74, 6) is -0.815. The van der Waals surface area contributed by atoms with Crippen LogP contribution in [-0.4, -0.2) is 71.6 Å². The highest BCUT2D eigenvalue weighted by molar-refractivity contribution is 7.13. The van der Waals surface area contributed by atoms with E-state index in [2.05, 4.69) is 6.92 Å². The Hall–Kier alpha value is -1.48. The lowest BCUT2D eigenvalue weighted by molar-refractivity contribution is -0.133. The van der Waals surface area contributed by atoms with Gasteiger partial charge < -0.3 is 25.0 Å². The molecule has 0 aliphatic heterocycles. The van der Waals surface area contributed by atoms with Crippen LogP contribution in [-0.2, 0) is 16.0 Å². The molecule has 1 amide bonds. The molecular weight excluding hydrogens is 346 g/mol. The topological polar surface area (TPSA) is 107 Å². The molecule has 0 unspecified atom stereocenters. The molecule has 1 aromatic rings. The lowest BCUT2D eigenvalue weighted by atomic mass is 9.90. The van der Waals surface area contributed by atoms with Crippen LogP contribution in [0.25, 0.3) is 0 Å². The van der Waals surface area contributed by atoms with Crippen molar-refractivity contribution in [3.63, 3.8) is 0 Å². The maximum Gasteiger partial charge on any atom is 0.348 e. The Balaban J connectivity index is 2.75. The van der Waals surface area contributed by atoms with Crippen molar-refractivity contribution < 1.29 is 29.6 Å². The maximum absolute atomic E-state index is 12.2. The highest BCUT2D eigenvalue weighted by atomic mass is 32.1. The van der Waals surface area contributed by atoms with E-state index in [4.69, 9.17) is 9.84 Å². The van der Waals surface area contributed by atoms with Gasteiger partial charge in [-0.1, -0.05) is 13.3 Å². The molecule has 8 heteroatoms. The minimum atomic E-state index is -1.18. The van der Waals surface area contributed by atoms with Crippen LogP contribution in [0, 0.1) is 5.41 Å². The molecular formula is C17H27NO6S. The summed E-state index contributed by atoms with van der Waals surface area (Å²) in [6, 6.07) is 3.58. The number of nitrogens with zero attached hydrogens (tertiary/aromatic N) is 1. The summed E-state index contributed by atoms with van der Waals surface area (Å²) in [5, 5.41) is 28.4. The summed E-state index contributed by atoms with van der Waals surface area (Å²) < 4.78 is 5.28. The third kappa shape index (κ3) is 6.39. The molecule has 0 saturated carbocycles. The quantitative estimate of drug-likeness (QED) is 0.492. The van der Waals surface area contributed by atoms with E-state index in [0.29, 0.717) is 4.88 Å². The number of ether oxygens (including phenoxy) is 1. The fraction of sp³-hybridized carbons (Fsp3) is 0.647. The van der Waals surface area contributed by atoms with Crippen molar-refractivity contribution in [1.29, 1.82) is 0 Å². The molecule has 0 spiro atoms. The van der Waals surface area contributed by atoms with Crippen molar-refractivity contribution in [1.82, 2.24) is 4.90 Å². The van der Waals surface area contributed by atoms with Crippen LogP contribution in [0.15, 0.2) is 12.1 Å². The second-order valence-corrected chi connectivity index (χ2v) is 7.24. The first kappa shape index (κ1) is 21.6. The zero-order valence-electron chi connectivity index (χ0n) is 14.7. The van der Waals surface area contributed by atoms with Crippen LogP contribution in [0.5, 0.6) is 0 Å². The van der Waals surface area contributed by atoms with Crippen LogP contribution in [0.1, 0.15) is 34.8 Å². The van der Waals surface area contributed by atoms with Gasteiger partial charge in [0.2, 0.25) is 5.91 Å². The Morgan fingerprint density at radius 1 is 1.24 bits per heavy atom. The summed E-state index contributed by atoms with van der Waals surface area (Å²) in [5.41, 5.74) is -1.18. The molecule has 1 aromatic heterocycles. The minimum absolute atomic E-state index is 0.0191. The lowest BCUT2D eigenvalue weighted by Crippen LogP contribution is -2.48. The monoisotopic (exact) mass is 373 g/mol. The van der Waals surface area contributed by atoms with E-state index in [1.165, 1.54) is 23.2 Å². The number of carbonyl (C=O) groups is 2. The average molecular weight is 373 g/mol. The first-order chi connectivity index (χ1) is 11.9. The van der Waals surface area contributed by atoms with E-state index in [9.17, 15) is 19.8 Å². The summed E-state index contributed by atoms with van der Waals surface area (Å²) in [7, 11) is 0. The molecule has 7 nitrogen and oxygen atoms in total. The molecule has 142 valence electrons. The number of hydrogen-bond acceptors (Lipinski definition) is 7. The first-order valence-electron chi connectivity index (χ1n) is 8.25. The molecule has 0 bridgehead atoms. The van der Waals surface area contributed by atoms with Gasteiger partial charge in [-0.3, -0.25) is 4.79 Å². The van der Waals surface area contributed by atoms with Gasteiger partial charge in [0.05, 0.1) is 25.2 Å². The highest BCUT2D eigenvalue weighted by Gasteiger charge is 2.34. The molecule has 0 aromatic carbocycles. The maximum atomic E-state index is 12.2. The van der Waals surface area contributed by atoms with Crippen LogP contribution in [0.3, 0.4) is 0 Å². The van der Waals surface area contributed by atoms with Crippen molar-refractivity contribution in [2.24, 2.45) is 5.41 Å². The van der Waals surface area contributed by atoms with Gasteiger partial charge in [0.15, 0.2) is 0 Å². The van der Waals surface area contributed by atoms with Crippen molar-refractivity contribution in [3.8, 4) is 0 Å². The van der Waals surface area contributed by atoms with E-state index in [-0.39, 0.29) is 32.2 Å². The van der Waals surface area contributed by atoms with Gasteiger partial charge in [-0.15, -0.1) is 11.3 Å². The molecule has 1 heterocycles. The second-order valence-electron chi connectivity index (χ2n) is 6.07. The van der Waals surface area contributed by atoms with Crippen LogP contribution in [0.4, 0.5) is 0 Å². The number of rotatable bonds is 11. The molecule has 0 saturated heterocycles. The number of hydrogen-bond donors (Lipinski definition) is 3. The molecule has 0 aliphatic rings. The Kier molecular flexibility index (Phi) is 9.05. The fourth-order valence-corrected chi connectivity index (χ4v) is 3.32. The number of esters is 1. The smallest absolute Gasteiger partial charge is 0.348 e. The van der Waals surface area contributed by atoms with E-state index in [1.807, 2.05) is 6.07 Å². The number of aliphatic hydroxyl groups is 3. The van der Waals surface area contributed by atoms with Crippen molar-refractivity contribution in [2.45, 2.75) is 26.7 Å². The zero-order chi connectivity index (χ0) is 18.9. The lowest BCUT2D eigenvalue weighted by Gasteiger charge is -2.34. The molecule has 0 radical (unpaired) electrons. The number of amides is 1.